The third-order valence-electron chi connectivity index (χ3n) is 5.36. The number of aromatic nitrogens is 1. The zero-order valence-corrected chi connectivity index (χ0v) is 16.0. The van der Waals surface area contributed by atoms with Crippen molar-refractivity contribution in [1.29, 1.82) is 0 Å². The number of rotatable bonds is 4. The van der Waals surface area contributed by atoms with Crippen molar-refractivity contribution in [3.63, 3.8) is 0 Å². The van der Waals surface area contributed by atoms with Crippen LogP contribution in [-0.2, 0) is 13.0 Å². The summed E-state index contributed by atoms with van der Waals surface area (Å²) in [5.41, 5.74) is 5.04. The van der Waals surface area contributed by atoms with Gasteiger partial charge in [-0.1, -0.05) is 49.4 Å². The van der Waals surface area contributed by atoms with E-state index in [1.54, 1.807) is 0 Å². The van der Waals surface area contributed by atoms with Crippen LogP contribution in [0.5, 0.6) is 0 Å². The summed E-state index contributed by atoms with van der Waals surface area (Å²) in [6.07, 6.45) is 0.990. The number of fused-ring (bicyclic) bond motifs is 2. The van der Waals surface area contributed by atoms with E-state index in [9.17, 15) is 4.79 Å². The Morgan fingerprint density at radius 1 is 0.963 bits per heavy atom. The molecule has 0 bridgehead atoms. The number of nitrogens with zero attached hydrogens (tertiary/aromatic N) is 1. The van der Waals surface area contributed by atoms with Crippen LogP contribution in [0.1, 0.15) is 35.5 Å². The maximum absolute atomic E-state index is 13.3. The molecule has 1 N–H and O–H groups in total. The third-order valence-corrected chi connectivity index (χ3v) is 5.36. The van der Waals surface area contributed by atoms with Crippen molar-refractivity contribution >= 4 is 33.3 Å². The summed E-state index contributed by atoms with van der Waals surface area (Å²) < 4.78 is 2.12. The van der Waals surface area contributed by atoms with Gasteiger partial charge in [-0.25, -0.2) is 0 Å². The molecule has 0 spiro atoms. The van der Waals surface area contributed by atoms with E-state index in [2.05, 4.69) is 54.1 Å². The Kier molecular flexibility index (Phi) is 4.44. The largest absolute Gasteiger partial charge is 0.337 e. The summed E-state index contributed by atoms with van der Waals surface area (Å²) in [6, 6.07) is 20.6. The molecule has 0 fully saturated rings. The van der Waals surface area contributed by atoms with Crippen molar-refractivity contribution in [2.45, 2.75) is 33.7 Å². The SMILES string of the molecule is CCc1ccc2c(c1)c(C)c(C(=O)Nc1cccc3ccccc13)n2CC. The monoisotopic (exact) mass is 356 g/mol. The highest BCUT2D eigenvalue weighted by Crippen LogP contribution is 2.29. The highest BCUT2D eigenvalue weighted by molar-refractivity contribution is 6.11. The van der Waals surface area contributed by atoms with Gasteiger partial charge < -0.3 is 9.88 Å². The van der Waals surface area contributed by atoms with Crippen LogP contribution < -0.4 is 5.32 Å². The lowest BCUT2D eigenvalue weighted by Crippen LogP contribution is -2.18. The molecule has 0 aliphatic heterocycles. The van der Waals surface area contributed by atoms with Gasteiger partial charge in [0.2, 0.25) is 0 Å². The van der Waals surface area contributed by atoms with Gasteiger partial charge >= 0.3 is 0 Å². The number of benzene rings is 3. The van der Waals surface area contributed by atoms with E-state index in [4.69, 9.17) is 0 Å². The van der Waals surface area contributed by atoms with Crippen molar-refractivity contribution < 1.29 is 4.79 Å². The Labute approximate surface area is 159 Å². The summed E-state index contributed by atoms with van der Waals surface area (Å²) in [5.74, 6) is -0.0556. The zero-order chi connectivity index (χ0) is 19.0. The molecule has 3 aromatic carbocycles. The van der Waals surface area contributed by atoms with Gasteiger partial charge in [0.05, 0.1) is 0 Å². The predicted molar refractivity (Wildman–Crippen MR) is 114 cm³/mol. The number of carbonyl (C=O) groups is 1. The van der Waals surface area contributed by atoms with E-state index in [1.807, 2.05) is 37.3 Å². The fraction of sp³-hybridized carbons (Fsp3) is 0.208. The average molecular weight is 356 g/mol. The van der Waals surface area contributed by atoms with Gasteiger partial charge in [-0.05, 0) is 55.0 Å². The molecule has 1 aromatic heterocycles. The summed E-state index contributed by atoms with van der Waals surface area (Å²) in [7, 11) is 0. The molecule has 0 saturated carbocycles. The van der Waals surface area contributed by atoms with Gasteiger partial charge in [0.15, 0.2) is 0 Å². The molecular weight excluding hydrogens is 332 g/mol. The minimum Gasteiger partial charge on any atom is -0.337 e. The van der Waals surface area contributed by atoms with Crippen molar-refractivity contribution in [2.75, 3.05) is 5.32 Å². The lowest BCUT2D eigenvalue weighted by atomic mass is 10.1. The number of hydrogen-bond acceptors (Lipinski definition) is 1. The number of nitrogens with one attached hydrogen (secondary N) is 1. The van der Waals surface area contributed by atoms with Crippen molar-refractivity contribution in [1.82, 2.24) is 4.57 Å². The van der Waals surface area contributed by atoms with Gasteiger partial charge in [-0.2, -0.15) is 0 Å². The molecule has 0 radical (unpaired) electrons. The highest BCUT2D eigenvalue weighted by atomic mass is 16.2. The molecule has 3 nitrogen and oxygen atoms in total. The van der Waals surface area contributed by atoms with Gasteiger partial charge in [0.25, 0.3) is 5.91 Å². The average Bonchev–Trinajstić information content (AvgIpc) is 2.99. The molecule has 4 rings (SSSR count). The first-order chi connectivity index (χ1) is 13.1. The first-order valence-corrected chi connectivity index (χ1v) is 9.54. The third kappa shape index (κ3) is 2.89. The lowest BCUT2D eigenvalue weighted by Gasteiger charge is -2.12. The van der Waals surface area contributed by atoms with Crippen LogP contribution in [0.4, 0.5) is 5.69 Å². The van der Waals surface area contributed by atoms with Crippen LogP contribution in [0, 0.1) is 6.92 Å². The van der Waals surface area contributed by atoms with E-state index < -0.39 is 0 Å². The maximum Gasteiger partial charge on any atom is 0.272 e. The standard InChI is InChI=1S/C24H24N2O/c1-4-17-13-14-22-20(15-17)16(3)23(26(22)5-2)24(27)25-21-12-8-10-18-9-6-7-11-19(18)21/h6-15H,4-5H2,1-3H3,(H,25,27). The quantitative estimate of drug-likeness (QED) is 0.482. The van der Waals surface area contributed by atoms with Crippen LogP contribution in [0.2, 0.25) is 0 Å². The molecule has 4 aromatic rings. The van der Waals surface area contributed by atoms with E-state index in [0.717, 1.165) is 46.2 Å². The smallest absolute Gasteiger partial charge is 0.272 e. The maximum atomic E-state index is 13.3. The van der Waals surface area contributed by atoms with E-state index in [0.29, 0.717) is 0 Å². The topological polar surface area (TPSA) is 34.0 Å². The molecule has 1 heterocycles. The molecule has 0 atom stereocenters. The second-order valence-corrected chi connectivity index (χ2v) is 6.90. The normalized spacial score (nSPS) is 11.2. The minimum atomic E-state index is -0.0556. The first kappa shape index (κ1) is 17.3. The molecule has 0 aliphatic carbocycles. The van der Waals surface area contributed by atoms with E-state index in [-0.39, 0.29) is 5.91 Å². The van der Waals surface area contributed by atoms with Crippen LogP contribution in [0.3, 0.4) is 0 Å². The Bertz CT molecular complexity index is 1150. The first-order valence-electron chi connectivity index (χ1n) is 9.54. The Balaban J connectivity index is 1.81. The van der Waals surface area contributed by atoms with Gasteiger partial charge in [-0.3, -0.25) is 4.79 Å². The molecule has 3 heteroatoms. The number of anilines is 1. The van der Waals surface area contributed by atoms with E-state index in [1.165, 1.54) is 10.9 Å². The molecule has 0 aliphatic rings. The van der Waals surface area contributed by atoms with Crippen LogP contribution >= 0.6 is 0 Å². The van der Waals surface area contributed by atoms with Crippen molar-refractivity contribution in [3.8, 4) is 0 Å². The van der Waals surface area contributed by atoms with Crippen LogP contribution in [0.15, 0.2) is 60.7 Å². The molecule has 0 unspecified atom stereocenters. The van der Waals surface area contributed by atoms with Crippen molar-refractivity contribution in [3.05, 3.63) is 77.5 Å². The van der Waals surface area contributed by atoms with Crippen LogP contribution in [-0.4, -0.2) is 10.5 Å². The Morgan fingerprint density at radius 3 is 2.52 bits per heavy atom. The molecule has 27 heavy (non-hydrogen) atoms. The Morgan fingerprint density at radius 2 is 1.74 bits per heavy atom. The summed E-state index contributed by atoms with van der Waals surface area (Å²) in [4.78, 5) is 13.3. The number of carbonyl (C=O) groups excluding carboxylic acids is 1. The molecule has 1 amide bonds. The number of amides is 1. The number of aryl methyl sites for hydroxylation is 3. The van der Waals surface area contributed by atoms with Gasteiger partial charge in [0.1, 0.15) is 5.69 Å². The fourth-order valence-corrected chi connectivity index (χ4v) is 3.93. The molecule has 0 saturated heterocycles. The van der Waals surface area contributed by atoms with E-state index >= 15 is 0 Å². The highest BCUT2D eigenvalue weighted by Gasteiger charge is 2.20. The van der Waals surface area contributed by atoms with Crippen molar-refractivity contribution in [2.24, 2.45) is 0 Å². The summed E-state index contributed by atoms with van der Waals surface area (Å²) >= 11 is 0. The predicted octanol–water partition coefficient (Wildman–Crippen LogP) is 5.94. The molecule has 136 valence electrons. The second kappa shape index (κ2) is 6.92. The minimum absolute atomic E-state index is 0.0556. The van der Waals surface area contributed by atoms with Crippen LogP contribution in [0.25, 0.3) is 21.7 Å². The van der Waals surface area contributed by atoms with Gasteiger partial charge in [0, 0.05) is 28.5 Å². The number of hydrogen-bond donors (Lipinski definition) is 1. The Hall–Kier alpha value is -3.07. The van der Waals surface area contributed by atoms with Gasteiger partial charge in [-0.15, -0.1) is 0 Å². The molecular formula is C24H24N2O. The summed E-state index contributed by atoms with van der Waals surface area (Å²) in [5, 5.41) is 6.49. The second-order valence-electron chi connectivity index (χ2n) is 6.90. The summed E-state index contributed by atoms with van der Waals surface area (Å²) in [6.45, 7) is 7.04. The fourth-order valence-electron chi connectivity index (χ4n) is 3.93. The zero-order valence-electron chi connectivity index (χ0n) is 16.0. The lowest BCUT2D eigenvalue weighted by molar-refractivity contribution is 0.101.